The molecule has 118 valence electrons. The fourth-order valence-electron chi connectivity index (χ4n) is 2.03. The van der Waals surface area contributed by atoms with Gasteiger partial charge in [-0.2, -0.15) is 0 Å². The number of hydrogen-bond donors (Lipinski definition) is 3. The molecule has 0 fully saturated rings. The van der Waals surface area contributed by atoms with Crippen molar-refractivity contribution < 1.29 is 9.90 Å². The monoisotopic (exact) mass is 303 g/mol. The van der Waals surface area contributed by atoms with Crippen molar-refractivity contribution in [3.8, 4) is 5.82 Å². The zero-order chi connectivity index (χ0) is 15.8. The molecular formula is C15H21N5O2. The minimum Gasteiger partial charge on any atom is -0.396 e. The second kappa shape index (κ2) is 8.14. The van der Waals surface area contributed by atoms with E-state index in [1.807, 2.05) is 25.3 Å². The summed E-state index contributed by atoms with van der Waals surface area (Å²) in [7, 11) is 0. The van der Waals surface area contributed by atoms with Crippen LogP contribution in [0.3, 0.4) is 0 Å². The van der Waals surface area contributed by atoms with E-state index in [1.165, 1.54) is 0 Å². The van der Waals surface area contributed by atoms with Crippen molar-refractivity contribution in [2.24, 2.45) is 0 Å². The highest BCUT2D eigenvalue weighted by atomic mass is 16.3. The number of carbonyl (C=O) groups is 1. The highest BCUT2D eigenvalue weighted by molar-refractivity contribution is 5.74. The van der Waals surface area contributed by atoms with Gasteiger partial charge in [0.15, 0.2) is 0 Å². The topological polar surface area (TPSA) is 92.1 Å². The predicted octanol–water partition coefficient (Wildman–Crippen LogP) is 1.23. The van der Waals surface area contributed by atoms with Gasteiger partial charge in [0, 0.05) is 37.8 Å². The first-order valence-corrected chi connectivity index (χ1v) is 7.27. The highest BCUT2D eigenvalue weighted by Crippen LogP contribution is 2.06. The van der Waals surface area contributed by atoms with E-state index in [9.17, 15) is 4.79 Å². The molecule has 0 aliphatic heterocycles. The molecule has 2 heterocycles. The van der Waals surface area contributed by atoms with Crippen molar-refractivity contribution in [3.05, 3.63) is 42.6 Å². The molecule has 0 spiro atoms. The Kier molecular flexibility index (Phi) is 5.91. The lowest BCUT2D eigenvalue weighted by Gasteiger charge is -2.14. The molecule has 0 radical (unpaired) electrons. The third-order valence-corrected chi connectivity index (χ3v) is 3.20. The molecule has 7 nitrogen and oxygen atoms in total. The lowest BCUT2D eigenvalue weighted by molar-refractivity contribution is 0.234. The Morgan fingerprint density at radius 2 is 2.32 bits per heavy atom. The van der Waals surface area contributed by atoms with Gasteiger partial charge in [-0.15, -0.1) is 0 Å². The van der Waals surface area contributed by atoms with Crippen LogP contribution in [0.4, 0.5) is 4.79 Å². The van der Waals surface area contributed by atoms with Crippen molar-refractivity contribution >= 4 is 6.03 Å². The van der Waals surface area contributed by atoms with Crippen LogP contribution in [0.1, 0.15) is 25.3 Å². The standard InChI is InChI=1S/C15H21N5O2/c1-12(3-2-8-21)19-15(22)18-10-13-4-5-17-14(9-13)20-7-6-16-11-20/h4-7,9,11-12,21H,2-3,8,10H2,1H3,(H2,18,19,22). The highest BCUT2D eigenvalue weighted by Gasteiger charge is 2.07. The molecule has 1 atom stereocenters. The van der Waals surface area contributed by atoms with E-state index in [0.717, 1.165) is 17.8 Å². The second-order valence-corrected chi connectivity index (χ2v) is 5.09. The van der Waals surface area contributed by atoms with Crippen LogP contribution in [0, 0.1) is 0 Å². The molecule has 0 bridgehead atoms. The molecule has 0 aliphatic rings. The summed E-state index contributed by atoms with van der Waals surface area (Å²) in [5, 5.41) is 14.4. The summed E-state index contributed by atoms with van der Waals surface area (Å²) < 4.78 is 1.81. The summed E-state index contributed by atoms with van der Waals surface area (Å²) in [5.41, 5.74) is 0.955. The molecule has 2 rings (SSSR count). The van der Waals surface area contributed by atoms with Gasteiger partial charge in [-0.25, -0.2) is 14.8 Å². The average molecular weight is 303 g/mol. The van der Waals surface area contributed by atoms with E-state index in [1.54, 1.807) is 23.3 Å². The minimum absolute atomic E-state index is 0.0334. The van der Waals surface area contributed by atoms with E-state index in [-0.39, 0.29) is 18.7 Å². The van der Waals surface area contributed by atoms with Crippen molar-refractivity contribution in [3.63, 3.8) is 0 Å². The van der Waals surface area contributed by atoms with E-state index in [2.05, 4.69) is 20.6 Å². The molecule has 22 heavy (non-hydrogen) atoms. The van der Waals surface area contributed by atoms with Gasteiger partial charge in [-0.3, -0.25) is 4.57 Å². The molecule has 7 heteroatoms. The maximum absolute atomic E-state index is 11.8. The number of urea groups is 1. The maximum Gasteiger partial charge on any atom is 0.315 e. The third kappa shape index (κ3) is 4.85. The zero-order valence-corrected chi connectivity index (χ0v) is 12.6. The Hall–Kier alpha value is -2.41. The average Bonchev–Trinajstić information content (AvgIpc) is 3.06. The number of hydrogen-bond acceptors (Lipinski definition) is 4. The third-order valence-electron chi connectivity index (χ3n) is 3.20. The van der Waals surface area contributed by atoms with E-state index < -0.39 is 0 Å². The summed E-state index contributed by atoms with van der Waals surface area (Å²) in [4.78, 5) is 20.0. The number of aliphatic hydroxyl groups is 1. The van der Waals surface area contributed by atoms with Crippen LogP contribution in [-0.4, -0.2) is 38.3 Å². The summed E-state index contributed by atoms with van der Waals surface area (Å²) in [5.74, 6) is 0.758. The molecule has 2 aromatic rings. The number of aromatic nitrogens is 3. The van der Waals surface area contributed by atoms with Gasteiger partial charge >= 0.3 is 6.03 Å². The summed E-state index contributed by atoms with van der Waals surface area (Å²) in [6.07, 6.45) is 8.32. The van der Waals surface area contributed by atoms with Gasteiger partial charge in [0.05, 0.1) is 0 Å². The maximum atomic E-state index is 11.8. The number of nitrogens with zero attached hydrogens (tertiary/aromatic N) is 3. The van der Waals surface area contributed by atoms with Gasteiger partial charge < -0.3 is 15.7 Å². The van der Waals surface area contributed by atoms with Gasteiger partial charge in [0.2, 0.25) is 0 Å². The number of amides is 2. The Morgan fingerprint density at radius 3 is 3.05 bits per heavy atom. The zero-order valence-electron chi connectivity index (χ0n) is 12.6. The molecule has 2 aromatic heterocycles. The van der Waals surface area contributed by atoms with E-state index in [0.29, 0.717) is 13.0 Å². The van der Waals surface area contributed by atoms with Crippen LogP contribution < -0.4 is 10.6 Å². The fourth-order valence-corrected chi connectivity index (χ4v) is 2.03. The van der Waals surface area contributed by atoms with Crippen LogP contribution in [0.2, 0.25) is 0 Å². The summed E-state index contributed by atoms with van der Waals surface area (Å²) >= 11 is 0. The largest absolute Gasteiger partial charge is 0.396 e. The van der Waals surface area contributed by atoms with Crippen LogP contribution in [0.15, 0.2) is 37.1 Å². The Morgan fingerprint density at radius 1 is 1.45 bits per heavy atom. The van der Waals surface area contributed by atoms with Crippen LogP contribution in [0.5, 0.6) is 0 Å². The van der Waals surface area contributed by atoms with Crippen molar-refractivity contribution in [1.29, 1.82) is 0 Å². The van der Waals surface area contributed by atoms with Gasteiger partial charge in [-0.1, -0.05) is 0 Å². The normalized spacial score (nSPS) is 11.9. The second-order valence-electron chi connectivity index (χ2n) is 5.09. The quantitative estimate of drug-likeness (QED) is 0.717. The number of nitrogens with one attached hydrogen (secondary N) is 2. The van der Waals surface area contributed by atoms with Crippen molar-refractivity contribution in [2.45, 2.75) is 32.4 Å². The first kappa shape index (κ1) is 16.0. The smallest absolute Gasteiger partial charge is 0.315 e. The van der Waals surface area contributed by atoms with Crippen LogP contribution in [0.25, 0.3) is 5.82 Å². The van der Waals surface area contributed by atoms with Crippen molar-refractivity contribution in [2.75, 3.05) is 6.61 Å². The number of carbonyl (C=O) groups excluding carboxylic acids is 1. The Bertz CT molecular complexity index is 585. The predicted molar refractivity (Wildman–Crippen MR) is 82.5 cm³/mol. The molecule has 0 saturated carbocycles. The summed E-state index contributed by atoms with van der Waals surface area (Å²) in [6, 6.07) is 3.57. The minimum atomic E-state index is -0.216. The molecule has 0 aromatic carbocycles. The lowest BCUT2D eigenvalue weighted by Crippen LogP contribution is -2.40. The molecule has 2 amide bonds. The van der Waals surface area contributed by atoms with Gasteiger partial charge in [-0.05, 0) is 37.5 Å². The number of pyridine rings is 1. The van der Waals surface area contributed by atoms with Crippen LogP contribution in [-0.2, 0) is 6.54 Å². The SMILES string of the molecule is CC(CCCO)NC(=O)NCc1ccnc(-n2ccnc2)c1. The van der Waals surface area contributed by atoms with Crippen LogP contribution >= 0.6 is 0 Å². The lowest BCUT2D eigenvalue weighted by atomic mass is 10.2. The number of imidazole rings is 1. The fraction of sp³-hybridized carbons (Fsp3) is 0.400. The molecular weight excluding hydrogens is 282 g/mol. The number of rotatable bonds is 7. The Balaban J connectivity index is 1.84. The van der Waals surface area contributed by atoms with E-state index in [4.69, 9.17) is 5.11 Å². The molecule has 1 unspecified atom stereocenters. The molecule has 0 saturated heterocycles. The van der Waals surface area contributed by atoms with Gasteiger partial charge in [0.25, 0.3) is 0 Å². The number of aliphatic hydroxyl groups excluding tert-OH is 1. The van der Waals surface area contributed by atoms with Crippen molar-refractivity contribution in [1.82, 2.24) is 25.2 Å². The first-order valence-electron chi connectivity index (χ1n) is 7.27. The summed E-state index contributed by atoms with van der Waals surface area (Å²) in [6.45, 7) is 2.48. The van der Waals surface area contributed by atoms with E-state index >= 15 is 0 Å². The molecule has 3 N–H and O–H groups in total. The Labute approximate surface area is 129 Å². The first-order chi connectivity index (χ1) is 10.7. The van der Waals surface area contributed by atoms with Gasteiger partial charge in [0.1, 0.15) is 12.1 Å². The molecule has 0 aliphatic carbocycles.